The Balaban J connectivity index is 1.95. The van der Waals surface area contributed by atoms with Gasteiger partial charge in [0.05, 0.1) is 6.07 Å². The van der Waals surface area contributed by atoms with Crippen LogP contribution in [0.25, 0.3) is 6.08 Å². The zero-order chi connectivity index (χ0) is 16.7. The summed E-state index contributed by atoms with van der Waals surface area (Å²) < 4.78 is 0. The maximum absolute atomic E-state index is 12.1. The summed E-state index contributed by atoms with van der Waals surface area (Å²) in [7, 11) is 0. The highest BCUT2D eigenvalue weighted by Gasteiger charge is 2.27. The molecule has 0 radical (unpaired) electrons. The van der Waals surface area contributed by atoms with Gasteiger partial charge in [0.1, 0.15) is 0 Å². The molecule has 0 spiro atoms. The van der Waals surface area contributed by atoms with Crippen molar-refractivity contribution in [1.82, 2.24) is 5.32 Å². The van der Waals surface area contributed by atoms with Crippen molar-refractivity contribution in [1.29, 1.82) is 5.26 Å². The average molecular weight is 331 g/mol. The van der Waals surface area contributed by atoms with Crippen LogP contribution in [0.15, 0.2) is 30.3 Å². The van der Waals surface area contributed by atoms with E-state index in [1.165, 1.54) is 12.5 Å². The van der Waals surface area contributed by atoms with Crippen LogP contribution in [0.5, 0.6) is 0 Å². The number of benzene rings is 1. The van der Waals surface area contributed by atoms with Crippen molar-refractivity contribution in [3.8, 4) is 6.07 Å². The highest BCUT2D eigenvalue weighted by Crippen LogP contribution is 2.18. The predicted molar refractivity (Wildman–Crippen MR) is 89.6 cm³/mol. The first-order chi connectivity index (χ1) is 11.1. The summed E-state index contributed by atoms with van der Waals surface area (Å²) >= 11 is 5.79. The van der Waals surface area contributed by atoms with Crippen LogP contribution in [-0.2, 0) is 9.59 Å². The minimum atomic E-state index is -1.29. The standard InChI is InChI=1S/C18H19ClN2O2/c19-14-9-6-13(7-10-14)8-11-17(22)16(12-20)18(23)21-15-4-2-1-3-5-15/h6-11,15-16H,1-5H2,(H,21,23). The number of carbonyl (C=O) groups excluding carboxylic acids is 2. The SMILES string of the molecule is N#CC(C(=O)C=Cc1ccc(Cl)cc1)C(=O)NC1CCCCC1. The number of allylic oxidation sites excluding steroid dienone is 1. The molecule has 5 heteroatoms. The van der Waals surface area contributed by atoms with Gasteiger partial charge in [-0.05, 0) is 36.6 Å². The molecule has 1 aromatic rings. The fraction of sp³-hybridized carbons (Fsp3) is 0.389. The van der Waals surface area contributed by atoms with Crippen molar-refractivity contribution >= 4 is 29.4 Å². The van der Waals surface area contributed by atoms with Crippen molar-refractivity contribution in [2.75, 3.05) is 0 Å². The van der Waals surface area contributed by atoms with Crippen LogP contribution in [0.4, 0.5) is 0 Å². The molecule has 2 rings (SSSR count). The van der Waals surface area contributed by atoms with Gasteiger partial charge in [-0.25, -0.2) is 0 Å². The number of rotatable bonds is 5. The van der Waals surface area contributed by atoms with Gasteiger partial charge in [-0.2, -0.15) is 5.26 Å². The summed E-state index contributed by atoms with van der Waals surface area (Å²) in [5, 5.41) is 12.6. The second kappa shape index (κ2) is 8.50. The molecular weight excluding hydrogens is 312 g/mol. The Morgan fingerprint density at radius 1 is 1.22 bits per heavy atom. The molecule has 1 aliphatic rings. The first-order valence-electron chi connectivity index (χ1n) is 7.77. The Morgan fingerprint density at radius 2 is 1.87 bits per heavy atom. The molecule has 1 unspecified atom stereocenters. The summed E-state index contributed by atoms with van der Waals surface area (Å²) in [6.45, 7) is 0. The van der Waals surface area contributed by atoms with E-state index in [1.807, 2.05) is 0 Å². The van der Waals surface area contributed by atoms with E-state index in [0.717, 1.165) is 31.2 Å². The van der Waals surface area contributed by atoms with E-state index in [9.17, 15) is 9.59 Å². The normalized spacial score (nSPS) is 16.7. The van der Waals surface area contributed by atoms with Crippen LogP contribution < -0.4 is 5.32 Å². The predicted octanol–water partition coefficient (Wildman–Crippen LogP) is 3.51. The molecule has 0 heterocycles. The Hall–Kier alpha value is -2.12. The Labute approximate surface area is 141 Å². The second-order valence-electron chi connectivity index (χ2n) is 5.69. The average Bonchev–Trinajstić information content (AvgIpc) is 2.56. The summed E-state index contributed by atoms with van der Waals surface area (Å²) in [6.07, 6.45) is 8.02. The highest BCUT2D eigenvalue weighted by molar-refractivity contribution is 6.30. The maximum Gasteiger partial charge on any atom is 0.245 e. The first-order valence-corrected chi connectivity index (χ1v) is 8.15. The third kappa shape index (κ3) is 5.22. The molecule has 1 fully saturated rings. The van der Waals surface area contributed by atoms with E-state index in [-0.39, 0.29) is 6.04 Å². The fourth-order valence-electron chi connectivity index (χ4n) is 2.63. The van der Waals surface area contributed by atoms with E-state index >= 15 is 0 Å². The van der Waals surface area contributed by atoms with E-state index in [0.29, 0.717) is 5.02 Å². The molecule has 0 aromatic heterocycles. The van der Waals surface area contributed by atoms with Crippen molar-refractivity contribution in [2.24, 2.45) is 5.92 Å². The molecule has 1 aliphatic carbocycles. The van der Waals surface area contributed by atoms with E-state index in [2.05, 4.69) is 5.32 Å². The smallest absolute Gasteiger partial charge is 0.245 e. The van der Waals surface area contributed by atoms with E-state index in [4.69, 9.17) is 16.9 Å². The van der Waals surface area contributed by atoms with Gasteiger partial charge in [0.2, 0.25) is 5.91 Å². The minimum absolute atomic E-state index is 0.0835. The lowest BCUT2D eigenvalue weighted by molar-refractivity contribution is -0.130. The molecule has 0 aliphatic heterocycles. The Kier molecular flexibility index (Phi) is 6.37. The quantitative estimate of drug-likeness (QED) is 0.663. The van der Waals surface area contributed by atoms with Gasteiger partial charge >= 0.3 is 0 Å². The minimum Gasteiger partial charge on any atom is -0.352 e. The molecule has 0 saturated heterocycles. The second-order valence-corrected chi connectivity index (χ2v) is 6.13. The number of nitrogens with one attached hydrogen (secondary N) is 1. The lowest BCUT2D eigenvalue weighted by Gasteiger charge is -2.23. The molecule has 4 nitrogen and oxygen atoms in total. The zero-order valence-corrected chi connectivity index (χ0v) is 13.6. The number of nitriles is 1. The summed E-state index contributed by atoms with van der Waals surface area (Å²) in [5.74, 6) is -2.29. The van der Waals surface area contributed by atoms with Gasteiger partial charge < -0.3 is 5.32 Å². The monoisotopic (exact) mass is 330 g/mol. The molecule has 1 saturated carbocycles. The zero-order valence-electron chi connectivity index (χ0n) is 12.8. The molecule has 0 bridgehead atoms. The summed E-state index contributed by atoms with van der Waals surface area (Å²) in [5.41, 5.74) is 0.784. The molecule has 120 valence electrons. The summed E-state index contributed by atoms with van der Waals surface area (Å²) in [4.78, 5) is 24.2. The number of hydrogen-bond donors (Lipinski definition) is 1. The largest absolute Gasteiger partial charge is 0.352 e. The van der Waals surface area contributed by atoms with Crippen LogP contribution >= 0.6 is 11.6 Å². The Morgan fingerprint density at radius 3 is 2.48 bits per heavy atom. The number of hydrogen-bond acceptors (Lipinski definition) is 3. The lowest BCUT2D eigenvalue weighted by Crippen LogP contribution is -2.41. The molecule has 23 heavy (non-hydrogen) atoms. The molecule has 1 N–H and O–H groups in total. The van der Waals surface area contributed by atoms with Crippen LogP contribution in [-0.4, -0.2) is 17.7 Å². The number of halogens is 1. The van der Waals surface area contributed by atoms with Gasteiger partial charge in [-0.3, -0.25) is 9.59 Å². The van der Waals surface area contributed by atoms with Crippen LogP contribution in [0.2, 0.25) is 5.02 Å². The van der Waals surface area contributed by atoms with Gasteiger partial charge in [-0.1, -0.05) is 49.1 Å². The van der Waals surface area contributed by atoms with Crippen LogP contribution in [0, 0.1) is 17.2 Å². The molecule has 1 aromatic carbocycles. The van der Waals surface area contributed by atoms with E-state index < -0.39 is 17.6 Å². The van der Waals surface area contributed by atoms with Gasteiger partial charge in [0, 0.05) is 11.1 Å². The summed E-state index contributed by atoms with van der Waals surface area (Å²) in [6, 6.07) is 8.83. The van der Waals surface area contributed by atoms with Crippen molar-refractivity contribution in [3.63, 3.8) is 0 Å². The van der Waals surface area contributed by atoms with Crippen LogP contribution in [0.3, 0.4) is 0 Å². The Bertz CT molecular complexity index is 625. The molecular formula is C18H19ClN2O2. The van der Waals surface area contributed by atoms with Crippen molar-refractivity contribution in [2.45, 2.75) is 38.1 Å². The maximum atomic E-state index is 12.1. The van der Waals surface area contributed by atoms with Crippen molar-refractivity contribution < 1.29 is 9.59 Å². The molecule has 1 amide bonds. The van der Waals surface area contributed by atoms with Crippen molar-refractivity contribution in [3.05, 3.63) is 40.9 Å². The topological polar surface area (TPSA) is 70.0 Å². The van der Waals surface area contributed by atoms with Gasteiger partial charge in [0.15, 0.2) is 11.7 Å². The third-order valence-corrected chi connectivity index (χ3v) is 4.19. The number of ketones is 1. The van der Waals surface area contributed by atoms with Crippen LogP contribution in [0.1, 0.15) is 37.7 Å². The van der Waals surface area contributed by atoms with Gasteiger partial charge in [0.25, 0.3) is 0 Å². The highest BCUT2D eigenvalue weighted by atomic mass is 35.5. The first kappa shape index (κ1) is 17.2. The third-order valence-electron chi connectivity index (χ3n) is 3.94. The van der Waals surface area contributed by atoms with E-state index in [1.54, 1.807) is 36.4 Å². The van der Waals surface area contributed by atoms with Gasteiger partial charge in [-0.15, -0.1) is 0 Å². The lowest BCUT2D eigenvalue weighted by atomic mass is 9.94. The number of amides is 1. The molecule has 1 atom stereocenters. The number of carbonyl (C=O) groups is 2. The number of nitrogens with zero attached hydrogens (tertiary/aromatic N) is 1. The fourth-order valence-corrected chi connectivity index (χ4v) is 2.76.